The SMILES string of the molecule is CC(C)[C@H]([NH2+]CC(=O)Nc1cc(C(F)(F)F)ccc1-n1cncn1)c1ccccc1. The third kappa shape index (κ3) is 5.24. The van der Waals surface area contributed by atoms with Crippen LogP contribution in [0.2, 0.25) is 0 Å². The van der Waals surface area contributed by atoms with Crippen molar-refractivity contribution in [2.75, 3.05) is 11.9 Å². The molecule has 0 fully saturated rings. The lowest BCUT2D eigenvalue weighted by atomic mass is 9.96. The van der Waals surface area contributed by atoms with Crippen molar-refractivity contribution in [3.8, 4) is 5.69 Å². The fourth-order valence-corrected chi connectivity index (χ4v) is 3.25. The van der Waals surface area contributed by atoms with Gasteiger partial charge in [0.1, 0.15) is 18.7 Å². The lowest BCUT2D eigenvalue weighted by Crippen LogP contribution is -2.88. The number of quaternary nitrogens is 1. The van der Waals surface area contributed by atoms with E-state index in [4.69, 9.17) is 0 Å². The Bertz CT molecular complexity index is 972. The zero-order valence-electron chi connectivity index (χ0n) is 16.6. The molecule has 0 unspecified atom stereocenters. The van der Waals surface area contributed by atoms with E-state index in [0.29, 0.717) is 5.69 Å². The zero-order chi connectivity index (χ0) is 21.7. The molecule has 6 nitrogen and oxygen atoms in total. The molecule has 158 valence electrons. The quantitative estimate of drug-likeness (QED) is 0.619. The number of aromatic nitrogens is 3. The van der Waals surface area contributed by atoms with Crippen LogP contribution in [0, 0.1) is 5.92 Å². The summed E-state index contributed by atoms with van der Waals surface area (Å²) in [6, 6.07) is 13.0. The molecule has 1 heterocycles. The van der Waals surface area contributed by atoms with E-state index in [-0.39, 0.29) is 24.2 Å². The summed E-state index contributed by atoms with van der Waals surface area (Å²) >= 11 is 0. The van der Waals surface area contributed by atoms with Crippen molar-refractivity contribution >= 4 is 11.6 Å². The molecule has 0 saturated heterocycles. The highest BCUT2D eigenvalue weighted by atomic mass is 19.4. The maximum atomic E-state index is 13.2. The number of halogens is 3. The Balaban J connectivity index is 1.78. The first-order valence-corrected chi connectivity index (χ1v) is 9.50. The van der Waals surface area contributed by atoms with Crippen LogP contribution >= 0.6 is 0 Å². The third-order valence-electron chi connectivity index (χ3n) is 4.72. The van der Waals surface area contributed by atoms with Crippen molar-refractivity contribution in [1.82, 2.24) is 14.8 Å². The molecule has 1 atom stereocenters. The van der Waals surface area contributed by atoms with Crippen LogP contribution in [0.25, 0.3) is 5.69 Å². The van der Waals surface area contributed by atoms with E-state index in [1.165, 1.54) is 23.4 Å². The number of nitrogens with one attached hydrogen (secondary N) is 1. The lowest BCUT2D eigenvalue weighted by Gasteiger charge is -2.20. The van der Waals surface area contributed by atoms with Crippen molar-refractivity contribution in [3.05, 3.63) is 72.3 Å². The van der Waals surface area contributed by atoms with Crippen LogP contribution in [0.4, 0.5) is 18.9 Å². The van der Waals surface area contributed by atoms with Gasteiger partial charge < -0.3 is 10.6 Å². The predicted molar refractivity (Wildman–Crippen MR) is 106 cm³/mol. The molecule has 1 amide bonds. The minimum absolute atomic E-state index is 0.0227. The van der Waals surface area contributed by atoms with Crippen LogP contribution in [-0.2, 0) is 11.0 Å². The van der Waals surface area contributed by atoms with Gasteiger partial charge in [0.2, 0.25) is 0 Å². The molecule has 0 saturated carbocycles. The molecule has 9 heteroatoms. The Morgan fingerprint density at radius 2 is 1.90 bits per heavy atom. The van der Waals surface area contributed by atoms with Crippen LogP contribution in [0.1, 0.15) is 31.0 Å². The van der Waals surface area contributed by atoms with E-state index in [1.807, 2.05) is 35.6 Å². The number of nitrogens with zero attached hydrogens (tertiary/aromatic N) is 3. The van der Waals surface area contributed by atoms with Crippen molar-refractivity contribution in [2.24, 2.45) is 5.92 Å². The average Bonchev–Trinajstić information content (AvgIpc) is 3.22. The molecule has 0 aliphatic carbocycles. The number of alkyl halides is 3. The average molecular weight is 418 g/mol. The normalized spacial score (nSPS) is 12.7. The fraction of sp³-hybridized carbons (Fsp3) is 0.286. The zero-order valence-corrected chi connectivity index (χ0v) is 16.6. The number of carbonyl (C=O) groups excluding carboxylic acids is 1. The number of hydrogen-bond acceptors (Lipinski definition) is 3. The van der Waals surface area contributed by atoms with Gasteiger partial charge in [-0.25, -0.2) is 9.67 Å². The first kappa shape index (κ1) is 21.5. The molecule has 0 bridgehead atoms. The van der Waals surface area contributed by atoms with Gasteiger partial charge in [-0.05, 0) is 18.2 Å². The van der Waals surface area contributed by atoms with E-state index in [0.717, 1.165) is 17.7 Å². The minimum atomic E-state index is -4.53. The molecule has 3 rings (SSSR count). The minimum Gasteiger partial charge on any atom is -0.332 e. The van der Waals surface area contributed by atoms with Crippen molar-refractivity contribution < 1.29 is 23.3 Å². The van der Waals surface area contributed by atoms with Crippen LogP contribution in [0.3, 0.4) is 0 Å². The number of benzene rings is 2. The molecule has 3 N–H and O–H groups in total. The lowest BCUT2D eigenvalue weighted by molar-refractivity contribution is -0.692. The van der Waals surface area contributed by atoms with Gasteiger partial charge in [-0.3, -0.25) is 4.79 Å². The Kier molecular flexibility index (Phi) is 6.51. The number of anilines is 1. The van der Waals surface area contributed by atoms with Crippen LogP contribution in [0.5, 0.6) is 0 Å². The number of nitrogens with two attached hydrogens (primary N) is 1. The van der Waals surface area contributed by atoms with Gasteiger partial charge in [-0.2, -0.15) is 18.3 Å². The smallest absolute Gasteiger partial charge is 0.332 e. The second kappa shape index (κ2) is 9.08. The second-order valence-corrected chi connectivity index (χ2v) is 7.24. The summed E-state index contributed by atoms with van der Waals surface area (Å²) in [5, 5.41) is 8.43. The van der Waals surface area contributed by atoms with Crippen molar-refractivity contribution in [3.63, 3.8) is 0 Å². The summed E-state index contributed by atoms with van der Waals surface area (Å²) in [5.41, 5.74) is 0.560. The largest absolute Gasteiger partial charge is 0.416 e. The van der Waals surface area contributed by atoms with E-state index in [9.17, 15) is 18.0 Å². The summed E-state index contributed by atoms with van der Waals surface area (Å²) < 4.78 is 40.8. The standard InChI is InChI=1S/C21H22F3N5O/c1-14(2)20(15-6-4-3-5-7-15)26-11-19(30)28-17-10-16(21(22,23)24)8-9-18(17)29-13-25-12-27-29/h3-10,12-14,20,26H,11H2,1-2H3,(H,28,30)/p+1/t20-/m0/s1. The van der Waals surface area contributed by atoms with Crippen LogP contribution < -0.4 is 10.6 Å². The Morgan fingerprint density at radius 3 is 2.50 bits per heavy atom. The molecule has 0 aliphatic rings. The van der Waals surface area contributed by atoms with Crippen molar-refractivity contribution in [1.29, 1.82) is 0 Å². The molecular formula is C21H23F3N5O+. The van der Waals surface area contributed by atoms with E-state index < -0.39 is 17.6 Å². The van der Waals surface area contributed by atoms with Crippen LogP contribution in [-0.4, -0.2) is 27.2 Å². The summed E-state index contributed by atoms with van der Waals surface area (Å²) in [6.45, 7) is 4.17. The van der Waals surface area contributed by atoms with Crippen molar-refractivity contribution in [2.45, 2.75) is 26.1 Å². The van der Waals surface area contributed by atoms with E-state index in [1.54, 1.807) is 0 Å². The second-order valence-electron chi connectivity index (χ2n) is 7.24. The van der Waals surface area contributed by atoms with E-state index >= 15 is 0 Å². The third-order valence-corrected chi connectivity index (χ3v) is 4.72. The van der Waals surface area contributed by atoms with Gasteiger partial charge in [0.15, 0.2) is 6.54 Å². The number of amides is 1. The summed E-state index contributed by atoms with van der Waals surface area (Å²) in [5.74, 6) is -0.142. The summed E-state index contributed by atoms with van der Waals surface area (Å²) in [7, 11) is 0. The maximum Gasteiger partial charge on any atom is 0.416 e. The molecule has 30 heavy (non-hydrogen) atoms. The molecule has 0 aliphatic heterocycles. The highest BCUT2D eigenvalue weighted by molar-refractivity contribution is 5.93. The molecule has 0 radical (unpaired) electrons. The van der Waals surface area contributed by atoms with E-state index in [2.05, 4.69) is 29.2 Å². The molecular weight excluding hydrogens is 395 g/mol. The first-order chi connectivity index (χ1) is 14.3. The molecule has 1 aromatic heterocycles. The fourth-order valence-electron chi connectivity index (χ4n) is 3.25. The topological polar surface area (TPSA) is 76.4 Å². The molecule has 2 aromatic carbocycles. The van der Waals surface area contributed by atoms with Gasteiger partial charge in [0.25, 0.3) is 5.91 Å². The summed E-state index contributed by atoms with van der Waals surface area (Å²) in [4.78, 5) is 16.4. The highest BCUT2D eigenvalue weighted by Gasteiger charge is 2.31. The maximum absolute atomic E-state index is 13.2. The number of carbonyl (C=O) groups is 1. The first-order valence-electron chi connectivity index (χ1n) is 9.50. The van der Waals surface area contributed by atoms with Gasteiger partial charge in [-0.1, -0.05) is 44.2 Å². The highest BCUT2D eigenvalue weighted by Crippen LogP contribution is 2.33. The van der Waals surface area contributed by atoms with Gasteiger partial charge >= 0.3 is 6.18 Å². The Morgan fingerprint density at radius 1 is 1.17 bits per heavy atom. The number of rotatable bonds is 7. The van der Waals surface area contributed by atoms with Gasteiger partial charge in [-0.15, -0.1) is 0 Å². The number of hydrogen-bond donors (Lipinski definition) is 2. The summed E-state index contributed by atoms with van der Waals surface area (Å²) in [6.07, 6.45) is -1.90. The Hall–Kier alpha value is -3.20. The van der Waals surface area contributed by atoms with Gasteiger partial charge in [0.05, 0.1) is 16.9 Å². The monoisotopic (exact) mass is 418 g/mol. The van der Waals surface area contributed by atoms with Gasteiger partial charge in [0, 0.05) is 11.5 Å². The molecule has 0 spiro atoms. The Labute approximate surface area is 172 Å². The predicted octanol–water partition coefficient (Wildman–Crippen LogP) is 3.19. The van der Waals surface area contributed by atoms with Crippen LogP contribution in [0.15, 0.2) is 61.2 Å². The molecule has 3 aromatic rings.